The molecule has 1 heterocycles. The molecule has 2 aromatic carbocycles. The van der Waals surface area contributed by atoms with E-state index in [1.807, 2.05) is 47.2 Å². The van der Waals surface area contributed by atoms with Crippen LogP contribution in [0.5, 0.6) is 0 Å². The highest BCUT2D eigenvalue weighted by Crippen LogP contribution is 2.18. The summed E-state index contributed by atoms with van der Waals surface area (Å²) in [7, 11) is 0. The van der Waals surface area contributed by atoms with E-state index in [2.05, 4.69) is 22.8 Å². The second kappa shape index (κ2) is 8.73. The zero-order chi connectivity index (χ0) is 19.2. The van der Waals surface area contributed by atoms with Gasteiger partial charge in [0.25, 0.3) is 11.8 Å². The molecular weight excluding hydrogens is 360 g/mol. The molecule has 0 unspecified atom stereocenters. The molecular formula is C20H22N4O2S. The molecule has 7 heteroatoms. The standard InChI is InChI=1S/C20H22N4O2S/c1-3-14-8-10-15(11-9-14)20(26)23-22-19(25)12-24-17-7-5-4-6-16(17)21-18(24)13-27-2/h4-11H,3,12-13H2,1-2H3,(H,22,25)(H,23,26). The average Bonchev–Trinajstić information content (AvgIpc) is 3.04. The van der Waals surface area contributed by atoms with Crippen LogP contribution in [0.15, 0.2) is 48.5 Å². The van der Waals surface area contributed by atoms with Gasteiger partial charge in [0.2, 0.25) is 0 Å². The number of imidazole rings is 1. The molecule has 3 rings (SSSR count). The number of aryl methyl sites for hydroxylation is 1. The summed E-state index contributed by atoms with van der Waals surface area (Å²) in [5.74, 6) is 0.892. The van der Waals surface area contributed by atoms with Gasteiger partial charge in [-0.2, -0.15) is 11.8 Å². The molecule has 0 radical (unpaired) electrons. The van der Waals surface area contributed by atoms with E-state index in [4.69, 9.17) is 0 Å². The molecule has 0 aliphatic carbocycles. The maximum Gasteiger partial charge on any atom is 0.269 e. The van der Waals surface area contributed by atoms with Crippen molar-refractivity contribution < 1.29 is 9.59 Å². The molecule has 0 aliphatic rings. The number of aromatic nitrogens is 2. The fraction of sp³-hybridized carbons (Fsp3) is 0.250. The minimum atomic E-state index is -0.342. The van der Waals surface area contributed by atoms with Crippen molar-refractivity contribution in [2.24, 2.45) is 0 Å². The molecule has 0 spiro atoms. The van der Waals surface area contributed by atoms with Crippen LogP contribution in [0.3, 0.4) is 0 Å². The van der Waals surface area contributed by atoms with Crippen LogP contribution in [-0.2, 0) is 23.5 Å². The Morgan fingerprint density at radius 3 is 2.52 bits per heavy atom. The number of benzene rings is 2. The lowest BCUT2D eigenvalue weighted by molar-refractivity contribution is -0.122. The molecule has 0 saturated carbocycles. The number of thioether (sulfide) groups is 1. The fourth-order valence-electron chi connectivity index (χ4n) is 2.81. The number of hydrogen-bond acceptors (Lipinski definition) is 4. The highest BCUT2D eigenvalue weighted by molar-refractivity contribution is 7.97. The first-order chi connectivity index (χ1) is 13.1. The van der Waals surface area contributed by atoms with E-state index in [1.54, 1.807) is 23.9 Å². The maximum atomic E-state index is 12.4. The Hall–Kier alpha value is -2.80. The van der Waals surface area contributed by atoms with Crippen LogP contribution in [0.25, 0.3) is 11.0 Å². The second-order valence-corrected chi connectivity index (χ2v) is 6.95. The number of carbonyl (C=O) groups is 2. The molecule has 3 aromatic rings. The number of hydrazine groups is 1. The Morgan fingerprint density at radius 1 is 1.07 bits per heavy atom. The minimum Gasteiger partial charge on any atom is -0.318 e. The number of nitrogens with one attached hydrogen (secondary N) is 2. The van der Waals surface area contributed by atoms with Crippen molar-refractivity contribution in [2.75, 3.05) is 6.26 Å². The topological polar surface area (TPSA) is 76.0 Å². The first kappa shape index (κ1) is 19.0. The summed E-state index contributed by atoms with van der Waals surface area (Å²) < 4.78 is 1.88. The number of rotatable bonds is 6. The largest absolute Gasteiger partial charge is 0.318 e. The summed E-state index contributed by atoms with van der Waals surface area (Å²) in [6.45, 7) is 2.14. The molecule has 140 valence electrons. The Bertz CT molecular complexity index is 950. The molecule has 2 amide bonds. The number of hydrogen-bond donors (Lipinski definition) is 2. The van der Waals surface area contributed by atoms with E-state index in [0.717, 1.165) is 28.8 Å². The SMILES string of the molecule is CCc1ccc(C(=O)NNC(=O)Cn2c(CSC)nc3ccccc32)cc1. The van der Waals surface area contributed by atoms with E-state index in [9.17, 15) is 9.59 Å². The highest BCUT2D eigenvalue weighted by atomic mass is 32.2. The summed E-state index contributed by atoms with van der Waals surface area (Å²) >= 11 is 1.64. The number of para-hydroxylation sites is 2. The van der Waals surface area contributed by atoms with Gasteiger partial charge in [-0.05, 0) is 42.5 Å². The molecule has 0 atom stereocenters. The van der Waals surface area contributed by atoms with Crippen molar-refractivity contribution in [1.29, 1.82) is 0 Å². The lowest BCUT2D eigenvalue weighted by Crippen LogP contribution is -2.43. The number of nitrogens with zero attached hydrogens (tertiary/aromatic N) is 2. The van der Waals surface area contributed by atoms with Crippen LogP contribution >= 0.6 is 11.8 Å². The molecule has 2 N–H and O–H groups in total. The third-order valence-corrected chi connectivity index (χ3v) is 4.80. The third kappa shape index (κ3) is 4.49. The fourth-order valence-corrected chi connectivity index (χ4v) is 3.29. The van der Waals surface area contributed by atoms with E-state index in [0.29, 0.717) is 11.3 Å². The van der Waals surface area contributed by atoms with Crippen LogP contribution in [-0.4, -0.2) is 27.6 Å². The molecule has 6 nitrogen and oxygen atoms in total. The van der Waals surface area contributed by atoms with Crippen molar-refractivity contribution in [3.8, 4) is 0 Å². The summed E-state index contributed by atoms with van der Waals surface area (Å²) in [5, 5.41) is 0. The van der Waals surface area contributed by atoms with Crippen LogP contribution < -0.4 is 10.9 Å². The Labute approximate surface area is 162 Å². The quantitative estimate of drug-likeness (QED) is 0.643. The van der Waals surface area contributed by atoms with Gasteiger partial charge in [0.1, 0.15) is 12.4 Å². The Morgan fingerprint density at radius 2 is 1.81 bits per heavy atom. The lowest BCUT2D eigenvalue weighted by Gasteiger charge is -2.11. The summed E-state index contributed by atoms with van der Waals surface area (Å²) in [6.07, 6.45) is 2.91. The first-order valence-corrected chi connectivity index (χ1v) is 10.1. The normalized spacial score (nSPS) is 10.7. The molecule has 1 aromatic heterocycles. The summed E-state index contributed by atoms with van der Waals surface area (Å²) in [4.78, 5) is 29.1. The van der Waals surface area contributed by atoms with Gasteiger partial charge in [-0.25, -0.2) is 4.98 Å². The van der Waals surface area contributed by atoms with Crippen LogP contribution in [0, 0.1) is 0 Å². The number of carbonyl (C=O) groups excluding carboxylic acids is 2. The maximum absolute atomic E-state index is 12.4. The highest BCUT2D eigenvalue weighted by Gasteiger charge is 2.14. The van der Waals surface area contributed by atoms with E-state index < -0.39 is 0 Å². The van der Waals surface area contributed by atoms with Crippen molar-refractivity contribution in [2.45, 2.75) is 25.6 Å². The van der Waals surface area contributed by atoms with E-state index in [1.165, 1.54) is 0 Å². The van der Waals surface area contributed by atoms with Crippen molar-refractivity contribution in [1.82, 2.24) is 20.4 Å². The van der Waals surface area contributed by atoms with Crippen molar-refractivity contribution in [3.05, 3.63) is 65.5 Å². The van der Waals surface area contributed by atoms with Gasteiger partial charge < -0.3 is 4.57 Å². The zero-order valence-corrected chi connectivity index (χ0v) is 16.2. The van der Waals surface area contributed by atoms with Gasteiger partial charge in [-0.15, -0.1) is 0 Å². The molecule has 0 aliphatic heterocycles. The monoisotopic (exact) mass is 382 g/mol. The van der Waals surface area contributed by atoms with Crippen LogP contribution in [0.2, 0.25) is 0 Å². The lowest BCUT2D eigenvalue weighted by atomic mass is 10.1. The van der Waals surface area contributed by atoms with Crippen LogP contribution in [0.1, 0.15) is 28.7 Å². The van der Waals surface area contributed by atoms with E-state index in [-0.39, 0.29) is 18.4 Å². The second-order valence-electron chi connectivity index (χ2n) is 6.09. The molecule has 0 fully saturated rings. The number of amides is 2. The van der Waals surface area contributed by atoms with Crippen molar-refractivity contribution >= 4 is 34.6 Å². The number of fused-ring (bicyclic) bond motifs is 1. The van der Waals surface area contributed by atoms with Gasteiger partial charge in [0, 0.05) is 5.56 Å². The van der Waals surface area contributed by atoms with Gasteiger partial charge in [0.05, 0.1) is 16.8 Å². The molecule has 0 bridgehead atoms. The smallest absolute Gasteiger partial charge is 0.269 e. The van der Waals surface area contributed by atoms with Crippen LogP contribution in [0.4, 0.5) is 0 Å². The minimum absolute atomic E-state index is 0.0887. The van der Waals surface area contributed by atoms with Gasteiger partial charge in [-0.3, -0.25) is 20.4 Å². The zero-order valence-electron chi connectivity index (χ0n) is 15.4. The molecule has 27 heavy (non-hydrogen) atoms. The Kier molecular flexibility index (Phi) is 6.13. The van der Waals surface area contributed by atoms with Gasteiger partial charge >= 0.3 is 0 Å². The average molecular weight is 382 g/mol. The predicted octanol–water partition coefficient (Wildman–Crippen LogP) is 2.92. The first-order valence-electron chi connectivity index (χ1n) is 8.73. The third-order valence-electron chi connectivity index (χ3n) is 4.25. The molecule has 0 saturated heterocycles. The predicted molar refractivity (Wildman–Crippen MR) is 108 cm³/mol. The summed E-state index contributed by atoms with van der Waals surface area (Å²) in [5.41, 5.74) is 8.38. The van der Waals surface area contributed by atoms with E-state index >= 15 is 0 Å². The van der Waals surface area contributed by atoms with Crippen molar-refractivity contribution in [3.63, 3.8) is 0 Å². The van der Waals surface area contributed by atoms with Gasteiger partial charge in [0.15, 0.2) is 0 Å². The van der Waals surface area contributed by atoms with Gasteiger partial charge in [-0.1, -0.05) is 31.2 Å². The summed E-state index contributed by atoms with van der Waals surface area (Å²) in [6, 6.07) is 15.0. The Balaban J connectivity index is 1.66.